The zero-order valence-corrected chi connectivity index (χ0v) is 19.6. The molecule has 0 radical (unpaired) electrons. The van der Waals surface area contributed by atoms with E-state index in [0.717, 1.165) is 0 Å². The highest BCUT2D eigenvalue weighted by Crippen LogP contribution is 2.64. The summed E-state index contributed by atoms with van der Waals surface area (Å²) in [5, 5.41) is 16.3. The van der Waals surface area contributed by atoms with E-state index in [1.165, 1.54) is 17.2 Å². The van der Waals surface area contributed by atoms with Crippen LogP contribution in [0.4, 0.5) is 4.39 Å². The van der Waals surface area contributed by atoms with Gasteiger partial charge >= 0.3 is 7.75 Å². The first-order valence-electron chi connectivity index (χ1n) is 10.8. The van der Waals surface area contributed by atoms with Gasteiger partial charge in [0.15, 0.2) is 11.9 Å². The zero-order chi connectivity index (χ0) is 24.0. The molecular weight excluding hydrogens is 452 g/mol. The first-order valence-corrected chi connectivity index (χ1v) is 12.3. The summed E-state index contributed by atoms with van der Waals surface area (Å²) in [6.07, 6.45) is 0.0350. The highest BCUT2D eigenvalue weighted by atomic mass is 31.2. The van der Waals surface area contributed by atoms with Crippen molar-refractivity contribution in [3.05, 3.63) is 55.0 Å². The molecular formula is C22H29FN3O6P. The van der Waals surface area contributed by atoms with Crippen LogP contribution in [0.2, 0.25) is 0 Å². The number of nitrogens with one attached hydrogen (secondary N) is 2. The normalized spacial score (nSPS) is 33.5. The van der Waals surface area contributed by atoms with Gasteiger partial charge < -0.3 is 24.6 Å². The van der Waals surface area contributed by atoms with Crippen molar-refractivity contribution >= 4 is 13.7 Å². The second-order valence-corrected chi connectivity index (χ2v) is 10.7. The summed E-state index contributed by atoms with van der Waals surface area (Å²) in [7, 11) is -3.90. The Morgan fingerprint density at radius 2 is 2.09 bits per heavy atom. The summed E-state index contributed by atoms with van der Waals surface area (Å²) in [6, 6.07) is 8.33. The third kappa shape index (κ3) is 4.46. The van der Waals surface area contributed by atoms with E-state index < -0.39 is 37.3 Å². The summed E-state index contributed by atoms with van der Waals surface area (Å²) < 4.78 is 46.2. The Morgan fingerprint density at radius 1 is 1.39 bits per heavy atom. The number of carbonyl (C=O) groups excluding carboxylic acids is 1. The minimum atomic E-state index is -3.90. The van der Waals surface area contributed by atoms with E-state index in [9.17, 15) is 14.5 Å². The number of hydrogen-bond acceptors (Lipinski definition) is 7. The van der Waals surface area contributed by atoms with E-state index in [4.69, 9.17) is 13.8 Å². The summed E-state index contributed by atoms with van der Waals surface area (Å²) in [4.78, 5) is 12.8. The van der Waals surface area contributed by atoms with Gasteiger partial charge in [-0.1, -0.05) is 38.6 Å². The molecule has 1 aromatic carbocycles. The second kappa shape index (κ2) is 8.52. The average Bonchev–Trinajstić information content (AvgIpc) is 3.24. The Hall–Kier alpha value is -2.23. The quantitative estimate of drug-likeness (QED) is 0.462. The van der Waals surface area contributed by atoms with Crippen molar-refractivity contribution in [2.45, 2.75) is 56.8 Å². The van der Waals surface area contributed by atoms with Crippen LogP contribution < -0.4 is 14.9 Å². The molecule has 11 heteroatoms. The summed E-state index contributed by atoms with van der Waals surface area (Å²) in [6.45, 7) is 9.09. The van der Waals surface area contributed by atoms with Gasteiger partial charge in [0.25, 0.3) is 5.91 Å². The number of amides is 1. The number of nitrogens with zero attached hydrogens (tertiary/aromatic N) is 1. The van der Waals surface area contributed by atoms with E-state index in [-0.39, 0.29) is 30.8 Å². The predicted molar refractivity (Wildman–Crippen MR) is 118 cm³/mol. The van der Waals surface area contributed by atoms with Crippen LogP contribution in [0.3, 0.4) is 0 Å². The van der Waals surface area contributed by atoms with Gasteiger partial charge in [-0.3, -0.25) is 9.32 Å². The molecule has 3 unspecified atom stereocenters. The van der Waals surface area contributed by atoms with Gasteiger partial charge in [-0.25, -0.2) is 14.0 Å². The summed E-state index contributed by atoms with van der Waals surface area (Å²) >= 11 is 0. The van der Waals surface area contributed by atoms with Gasteiger partial charge in [0, 0.05) is 24.7 Å². The smallest absolute Gasteiger partial charge is 0.413 e. The molecule has 2 fully saturated rings. The Morgan fingerprint density at radius 3 is 2.73 bits per heavy atom. The van der Waals surface area contributed by atoms with Crippen molar-refractivity contribution in [1.29, 1.82) is 0 Å². The number of rotatable bonds is 9. The number of benzene rings is 1. The molecule has 0 spiro atoms. The summed E-state index contributed by atoms with van der Waals surface area (Å²) in [5.41, 5.74) is -3.92. The van der Waals surface area contributed by atoms with Gasteiger partial charge in [0.05, 0.1) is 6.61 Å². The van der Waals surface area contributed by atoms with E-state index in [2.05, 4.69) is 17.0 Å². The van der Waals surface area contributed by atoms with Crippen LogP contribution in [0.5, 0.6) is 5.75 Å². The standard InChI is InChI=1S/C22H29FN3O6P/c1-14(2)15(3)25-33(29,32-17-8-6-5-7-9-17)30-12-18-22(28)13-21(22,23)20(31-18)26-11-10-19(27)24-16(26)4/h5-11,14-15,18,20,28H,4,12-13H2,1-3H3,(H,24,27)(H,25,29)/t15-,18+,20?,21?,22?,33-/m0/s1. The number of ether oxygens (including phenoxy) is 1. The van der Waals surface area contributed by atoms with Gasteiger partial charge in [0.2, 0.25) is 0 Å². The van der Waals surface area contributed by atoms with Gasteiger partial charge in [-0.05, 0) is 25.0 Å². The third-order valence-corrected chi connectivity index (χ3v) is 7.95. The molecule has 1 saturated carbocycles. The highest BCUT2D eigenvalue weighted by Gasteiger charge is 2.83. The molecule has 2 aliphatic heterocycles. The van der Waals surface area contributed by atoms with Crippen LogP contribution in [0, 0.1) is 5.92 Å². The maximum Gasteiger partial charge on any atom is 0.459 e. The lowest BCUT2D eigenvalue weighted by Crippen LogP contribution is -2.46. The molecule has 180 valence electrons. The maximum absolute atomic E-state index is 15.5. The first-order chi connectivity index (χ1) is 15.5. The fourth-order valence-corrected chi connectivity index (χ4v) is 5.56. The van der Waals surface area contributed by atoms with Crippen molar-refractivity contribution in [2.24, 2.45) is 5.92 Å². The molecule has 1 saturated heterocycles. The molecule has 3 N–H and O–H groups in total. The van der Waals surface area contributed by atoms with E-state index in [1.54, 1.807) is 30.3 Å². The Balaban J connectivity index is 1.49. The number of halogens is 1. The number of aliphatic hydroxyl groups is 1. The van der Waals surface area contributed by atoms with Crippen LogP contribution in [0.15, 0.2) is 55.0 Å². The Labute approximate surface area is 192 Å². The average molecular weight is 481 g/mol. The van der Waals surface area contributed by atoms with Crippen LogP contribution >= 0.6 is 7.75 Å². The van der Waals surface area contributed by atoms with E-state index >= 15 is 4.39 Å². The van der Waals surface area contributed by atoms with Gasteiger partial charge in [-0.2, -0.15) is 0 Å². The molecule has 1 amide bonds. The third-order valence-electron chi connectivity index (χ3n) is 6.28. The molecule has 1 aliphatic carbocycles. The summed E-state index contributed by atoms with van der Waals surface area (Å²) in [5.74, 6) is 0.208. The minimum absolute atomic E-state index is 0.130. The van der Waals surface area contributed by atoms with Gasteiger partial charge in [-0.15, -0.1) is 0 Å². The Kier molecular flexibility index (Phi) is 6.18. The molecule has 4 rings (SSSR count). The SMILES string of the molecule is C=C1NC(=O)C=CN1C1O[C@H](CO[P@@](=O)(N[C@@H](C)C(C)C)Oc2ccccc2)C2(O)CC12F. The number of hydrogen-bond donors (Lipinski definition) is 3. The monoisotopic (exact) mass is 481 g/mol. The predicted octanol–water partition coefficient (Wildman–Crippen LogP) is 2.81. The number of fused-ring (bicyclic) bond motifs is 1. The lowest BCUT2D eigenvalue weighted by molar-refractivity contribution is -0.120. The number of para-hydroxylation sites is 1. The lowest BCUT2D eigenvalue weighted by atomic mass is 10.1. The van der Waals surface area contributed by atoms with Crippen LogP contribution in [-0.4, -0.2) is 52.2 Å². The fourth-order valence-electron chi connectivity index (χ4n) is 3.85. The van der Waals surface area contributed by atoms with Crippen molar-refractivity contribution in [2.75, 3.05) is 6.61 Å². The molecule has 2 heterocycles. The highest BCUT2D eigenvalue weighted by molar-refractivity contribution is 7.52. The second-order valence-electron chi connectivity index (χ2n) is 8.96. The van der Waals surface area contributed by atoms with Crippen molar-refractivity contribution in [1.82, 2.24) is 15.3 Å². The molecule has 1 aromatic rings. The van der Waals surface area contributed by atoms with E-state index in [1.807, 2.05) is 20.8 Å². The molecule has 33 heavy (non-hydrogen) atoms. The zero-order valence-electron chi connectivity index (χ0n) is 18.7. The maximum atomic E-state index is 15.5. The topological polar surface area (TPSA) is 109 Å². The molecule has 3 aliphatic rings. The number of carbonyl (C=O) groups is 1. The minimum Gasteiger partial charge on any atom is -0.413 e. The Bertz CT molecular complexity index is 1010. The molecule has 0 aromatic heterocycles. The van der Waals surface area contributed by atoms with Crippen molar-refractivity contribution in [3.63, 3.8) is 0 Å². The van der Waals surface area contributed by atoms with Crippen molar-refractivity contribution < 1.29 is 32.6 Å². The molecule has 9 nitrogen and oxygen atoms in total. The van der Waals surface area contributed by atoms with Crippen LogP contribution in [-0.2, 0) is 18.6 Å². The largest absolute Gasteiger partial charge is 0.459 e. The van der Waals surface area contributed by atoms with Crippen molar-refractivity contribution in [3.8, 4) is 5.75 Å². The molecule has 0 bridgehead atoms. The van der Waals surface area contributed by atoms with Crippen LogP contribution in [0.25, 0.3) is 0 Å². The first kappa shape index (κ1) is 23.9. The van der Waals surface area contributed by atoms with Crippen LogP contribution in [0.1, 0.15) is 27.2 Å². The fraction of sp³-hybridized carbons (Fsp3) is 0.500. The van der Waals surface area contributed by atoms with E-state index in [0.29, 0.717) is 5.75 Å². The lowest BCUT2D eigenvalue weighted by Gasteiger charge is -2.33. The van der Waals surface area contributed by atoms with Gasteiger partial charge in [0.1, 0.15) is 23.3 Å². The molecule has 6 atom stereocenters. The number of alkyl halides is 1.